The topological polar surface area (TPSA) is 69.6 Å². The molecule has 0 atom stereocenters. The van der Waals surface area contributed by atoms with Crippen LogP contribution in [0.25, 0.3) is 0 Å². The molecule has 0 aliphatic rings. The molecule has 0 spiro atoms. The predicted octanol–water partition coefficient (Wildman–Crippen LogP) is 3.76. The number of aromatic carboxylic acids is 1. The normalized spacial score (nSPS) is 10.4. The van der Waals surface area contributed by atoms with Crippen molar-refractivity contribution in [3.05, 3.63) is 70.3 Å². The molecule has 2 rings (SSSR count). The highest BCUT2D eigenvalue weighted by Gasteiger charge is 2.17. The number of carbonyl (C=O) groups is 1. The molecule has 0 aromatic heterocycles. The Hall–Kier alpha value is -2.75. The Morgan fingerprint density at radius 3 is 2.44 bits per heavy atom. The van der Waals surface area contributed by atoms with Gasteiger partial charge in [0.2, 0.25) is 0 Å². The van der Waals surface area contributed by atoms with Crippen molar-refractivity contribution in [2.75, 3.05) is 7.11 Å². The molecule has 0 fully saturated rings. The van der Waals surface area contributed by atoms with Crippen molar-refractivity contribution in [1.82, 2.24) is 0 Å². The number of aryl methyl sites for hydroxylation is 2. The molecule has 0 radical (unpaired) electrons. The lowest BCUT2D eigenvalue weighted by Gasteiger charge is -2.22. The van der Waals surface area contributed by atoms with Crippen LogP contribution in [0.3, 0.4) is 0 Å². The van der Waals surface area contributed by atoms with Crippen LogP contribution in [0.4, 0.5) is 0 Å². The largest absolute Gasteiger partial charge is 0.872 e. The molecule has 0 aliphatic heterocycles. The van der Waals surface area contributed by atoms with Crippen LogP contribution in [0.5, 0.6) is 11.5 Å². The fourth-order valence-electron chi connectivity index (χ4n) is 2.76. The third-order valence-corrected chi connectivity index (χ3v) is 4.10. The van der Waals surface area contributed by atoms with E-state index in [0.717, 1.165) is 11.1 Å². The van der Waals surface area contributed by atoms with E-state index in [4.69, 9.17) is 4.74 Å². The van der Waals surface area contributed by atoms with Gasteiger partial charge >= 0.3 is 5.97 Å². The summed E-state index contributed by atoms with van der Waals surface area (Å²) in [4.78, 5) is 11.7. The zero-order valence-corrected chi connectivity index (χ0v) is 14.8. The van der Waals surface area contributed by atoms with Crippen LogP contribution < -0.4 is 9.84 Å². The molecule has 2 aromatic rings. The standard InChI is InChI=1S/C21H24O4/c1-14(2)9-12-17-18(25-3)13-16(19(20(17)22)21(23)24)11-10-15-7-5-4-6-8-15/h4-9,13,22H,10-12H2,1-3H3,(H,23,24)/p-1. The van der Waals surface area contributed by atoms with Crippen molar-refractivity contribution >= 4 is 5.97 Å². The molecule has 132 valence electrons. The third kappa shape index (κ3) is 4.63. The van der Waals surface area contributed by atoms with Gasteiger partial charge in [0, 0.05) is 0 Å². The monoisotopic (exact) mass is 339 g/mol. The highest BCUT2D eigenvalue weighted by Crippen LogP contribution is 2.34. The van der Waals surface area contributed by atoms with Gasteiger partial charge in [-0.05, 0) is 55.9 Å². The number of carboxylic acid groups (broad SMARTS) is 1. The van der Waals surface area contributed by atoms with Crippen molar-refractivity contribution in [3.63, 3.8) is 0 Å². The molecule has 0 unspecified atom stereocenters. The van der Waals surface area contributed by atoms with E-state index < -0.39 is 11.7 Å². The first-order valence-corrected chi connectivity index (χ1v) is 8.24. The summed E-state index contributed by atoms with van der Waals surface area (Å²) in [6.45, 7) is 3.87. The molecule has 0 bridgehead atoms. The Labute approximate surface area is 148 Å². The molecule has 1 N–H and O–H groups in total. The lowest BCUT2D eigenvalue weighted by molar-refractivity contribution is -0.270. The van der Waals surface area contributed by atoms with E-state index in [0.29, 0.717) is 36.1 Å². The minimum atomic E-state index is -1.19. The Balaban J connectivity index is 2.43. The van der Waals surface area contributed by atoms with Crippen molar-refractivity contribution in [2.45, 2.75) is 33.1 Å². The number of carboxylic acids is 1. The van der Waals surface area contributed by atoms with Gasteiger partial charge in [-0.1, -0.05) is 47.7 Å². The Morgan fingerprint density at radius 1 is 1.20 bits per heavy atom. The van der Waals surface area contributed by atoms with Gasteiger partial charge in [0.05, 0.1) is 12.7 Å². The summed E-state index contributed by atoms with van der Waals surface area (Å²) in [5.41, 5.74) is 2.92. The maximum Gasteiger partial charge on any atom is 0.335 e. The summed E-state index contributed by atoms with van der Waals surface area (Å²) in [7, 11) is 1.50. The Morgan fingerprint density at radius 2 is 1.88 bits per heavy atom. The molecule has 4 heteroatoms. The third-order valence-electron chi connectivity index (χ3n) is 4.10. The number of ether oxygens (including phenoxy) is 1. The summed E-state index contributed by atoms with van der Waals surface area (Å²) in [6, 6.07) is 11.5. The number of rotatable bonds is 7. The van der Waals surface area contributed by atoms with Gasteiger partial charge in [-0.3, -0.25) is 0 Å². The van der Waals surface area contributed by atoms with Crippen LogP contribution in [0.15, 0.2) is 48.0 Å². The summed E-state index contributed by atoms with van der Waals surface area (Å²) >= 11 is 0. The van der Waals surface area contributed by atoms with Crippen LogP contribution in [0.2, 0.25) is 0 Å². The average molecular weight is 339 g/mol. The van der Waals surface area contributed by atoms with Crippen molar-refractivity contribution in [1.29, 1.82) is 0 Å². The molecular weight excluding hydrogens is 316 g/mol. The Kier molecular flexibility index (Phi) is 6.23. The number of hydrogen-bond donors (Lipinski definition) is 1. The lowest BCUT2D eigenvalue weighted by atomic mass is 9.94. The van der Waals surface area contributed by atoms with Gasteiger partial charge in [-0.15, -0.1) is 0 Å². The fraction of sp³-hybridized carbons (Fsp3) is 0.286. The minimum Gasteiger partial charge on any atom is -0.872 e. The van der Waals surface area contributed by atoms with E-state index >= 15 is 0 Å². The van der Waals surface area contributed by atoms with Crippen LogP contribution in [0, 0.1) is 0 Å². The first-order valence-electron chi connectivity index (χ1n) is 8.24. The zero-order chi connectivity index (χ0) is 18.4. The van der Waals surface area contributed by atoms with Crippen LogP contribution in [0.1, 0.15) is 40.9 Å². The average Bonchev–Trinajstić information content (AvgIpc) is 2.58. The van der Waals surface area contributed by atoms with Crippen LogP contribution in [-0.2, 0) is 19.3 Å². The summed E-state index contributed by atoms with van der Waals surface area (Å²) in [5, 5.41) is 22.3. The van der Waals surface area contributed by atoms with Crippen molar-refractivity contribution < 1.29 is 19.7 Å². The highest BCUT2D eigenvalue weighted by molar-refractivity contribution is 5.93. The van der Waals surface area contributed by atoms with E-state index in [2.05, 4.69) is 0 Å². The minimum absolute atomic E-state index is 0.145. The van der Waals surface area contributed by atoms with Crippen LogP contribution >= 0.6 is 0 Å². The summed E-state index contributed by atoms with van der Waals surface area (Å²) in [5.74, 6) is -1.18. The lowest BCUT2D eigenvalue weighted by Crippen LogP contribution is -2.13. The maximum atomic E-state index is 12.7. The maximum absolute atomic E-state index is 12.7. The van der Waals surface area contributed by atoms with Gasteiger partial charge in [0.1, 0.15) is 5.75 Å². The zero-order valence-electron chi connectivity index (χ0n) is 14.8. The smallest absolute Gasteiger partial charge is 0.335 e. The molecular formula is C21H23O4-. The number of methoxy groups -OCH3 is 1. The first-order chi connectivity index (χ1) is 11.9. The van der Waals surface area contributed by atoms with Gasteiger partial charge < -0.3 is 14.9 Å². The molecule has 25 heavy (non-hydrogen) atoms. The molecule has 4 nitrogen and oxygen atoms in total. The molecule has 0 saturated carbocycles. The van der Waals surface area contributed by atoms with Gasteiger partial charge in [0.25, 0.3) is 0 Å². The molecule has 0 saturated heterocycles. The van der Waals surface area contributed by atoms with E-state index in [-0.39, 0.29) is 5.56 Å². The molecule has 0 amide bonds. The fourth-order valence-corrected chi connectivity index (χ4v) is 2.76. The molecule has 2 aromatic carbocycles. The highest BCUT2D eigenvalue weighted by atomic mass is 16.5. The second kappa shape index (κ2) is 8.38. The number of allylic oxidation sites excluding steroid dienone is 2. The number of hydrogen-bond acceptors (Lipinski definition) is 3. The van der Waals surface area contributed by atoms with E-state index in [1.54, 1.807) is 6.07 Å². The molecule has 0 aliphatic carbocycles. The van der Waals surface area contributed by atoms with Gasteiger partial charge in [-0.2, -0.15) is 0 Å². The number of benzene rings is 2. The molecule has 0 heterocycles. The predicted molar refractivity (Wildman–Crippen MR) is 96.4 cm³/mol. The van der Waals surface area contributed by atoms with E-state index in [9.17, 15) is 15.0 Å². The summed E-state index contributed by atoms with van der Waals surface area (Å²) in [6.07, 6.45) is 3.40. The SMILES string of the molecule is COc1cc(CCc2ccccc2)c(C(=O)O)c([O-])c1CC=C(C)C. The van der Waals surface area contributed by atoms with Crippen molar-refractivity contribution in [2.24, 2.45) is 0 Å². The second-order valence-corrected chi connectivity index (χ2v) is 6.20. The van der Waals surface area contributed by atoms with Gasteiger partial charge in [0.15, 0.2) is 0 Å². The second-order valence-electron chi connectivity index (χ2n) is 6.20. The van der Waals surface area contributed by atoms with Crippen molar-refractivity contribution in [3.8, 4) is 11.5 Å². The van der Waals surface area contributed by atoms with E-state index in [1.807, 2.05) is 50.3 Å². The van der Waals surface area contributed by atoms with Gasteiger partial charge in [-0.25, -0.2) is 4.79 Å². The quantitative estimate of drug-likeness (QED) is 0.780. The van der Waals surface area contributed by atoms with E-state index in [1.165, 1.54) is 7.11 Å². The Bertz CT molecular complexity index is 772. The van der Waals surface area contributed by atoms with Crippen LogP contribution in [-0.4, -0.2) is 18.2 Å². The summed E-state index contributed by atoms with van der Waals surface area (Å²) < 4.78 is 5.36. The first kappa shape index (κ1) is 18.6.